The third-order valence-corrected chi connectivity index (χ3v) is 8.03. The first-order chi connectivity index (χ1) is 17.3. The van der Waals surface area contributed by atoms with E-state index in [1.807, 2.05) is 0 Å². The number of Topliss-reactive ketones (excluding diaryl/α,β-unsaturated/α-hetero) is 5. The number of methoxy groups -OCH3 is 3. The highest BCUT2D eigenvalue weighted by Crippen LogP contribution is 2.65. The molecule has 6 rings (SSSR count). The molecule has 0 N–H and O–H groups in total. The number of hydrogen-bond donors (Lipinski definition) is 0. The van der Waals surface area contributed by atoms with Crippen molar-refractivity contribution in [2.45, 2.75) is 30.0 Å². The lowest BCUT2D eigenvalue weighted by atomic mass is 9.53. The lowest BCUT2D eigenvalue weighted by Crippen LogP contribution is -2.64. The number of carbonyl (C=O) groups excluding carboxylic acids is 5. The molecule has 9 heteroatoms. The molecule has 3 aliphatic carbocycles. The molecule has 1 aliphatic heterocycles. The Hall–Kier alpha value is -3.85. The predicted octanol–water partition coefficient (Wildman–Crippen LogP) is 2.13. The molecule has 2 aromatic carbocycles. The van der Waals surface area contributed by atoms with Crippen molar-refractivity contribution in [3.8, 4) is 17.2 Å². The van der Waals surface area contributed by atoms with E-state index < -0.39 is 52.1 Å². The molecule has 1 saturated heterocycles. The van der Waals surface area contributed by atoms with Crippen molar-refractivity contribution in [2.24, 2.45) is 11.8 Å². The predicted molar refractivity (Wildman–Crippen MR) is 122 cm³/mol. The number of benzene rings is 2. The summed E-state index contributed by atoms with van der Waals surface area (Å²) in [5, 5.41) is 0. The normalized spacial score (nSPS) is 32.2. The highest BCUT2D eigenvalue weighted by Gasteiger charge is 2.91. The molecule has 0 amide bonds. The highest BCUT2D eigenvalue weighted by atomic mass is 16.7. The molecule has 0 unspecified atom stereocenters. The van der Waals surface area contributed by atoms with Crippen LogP contribution in [0.5, 0.6) is 17.2 Å². The number of epoxide rings is 1. The second-order valence-corrected chi connectivity index (χ2v) is 9.54. The average Bonchev–Trinajstić information content (AvgIpc) is 3.63. The number of ketones is 5. The maximum absolute atomic E-state index is 14.1. The summed E-state index contributed by atoms with van der Waals surface area (Å²) in [5.74, 6) is -4.80. The zero-order chi connectivity index (χ0) is 25.6. The fourth-order valence-electron chi connectivity index (χ4n) is 6.41. The minimum absolute atomic E-state index is 0.0272. The van der Waals surface area contributed by atoms with Gasteiger partial charge in [0.1, 0.15) is 5.78 Å². The van der Waals surface area contributed by atoms with Crippen molar-refractivity contribution in [1.29, 1.82) is 0 Å². The van der Waals surface area contributed by atoms with Crippen molar-refractivity contribution in [3.63, 3.8) is 0 Å². The first kappa shape index (κ1) is 22.6. The summed E-state index contributed by atoms with van der Waals surface area (Å²) in [5.41, 5.74) is -3.73. The van der Waals surface area contributed by atoms with Crippen LogP contribution in [-0.4, -0.2) is 61.4 Å². The van der Waals surface area contributed by atoms with Crippen LogP contribution in [0.15, 0.2) is 36.4 Å². The number of fused-ring (bicyclic) bond motifs is 2. The monoisotopic (exact) mass is 490 g/mol. The number of hydrogen-bond acceptors (Lipinski definition) is 9. The van der Waals surface area contributed by atoms with Gasteiger partial charge in [0.25, 0.3) is 0 Å². The van der Waals surface area contributed by atoms with E-state index in [-0.39, 0.29) is 29.8 Å². The summed E-state index contributed by atoms with van der Waals surface area (Å²) in [6.07, 6.45) is -0.221. The molecule has 36 heavy (non-hydrogen) atoms. The van der Waals surface area contributed by atoms with Gasteiger partial charge in [-0.1, -0.05) is 24.3 Å². The van der Waals surface area contributed by atoms with Crippen molar-refractivity contribution >= 4 is 28.9 Å². The van der Waals surface area contributed by atoms with Gasteiger partial charge in [0, 0.05) is 41.7 Å². The molecule has 9 nitrogen and oxygen atoms in total. The van der Waals surface area contributed by atoms with E-state index in [2.05, 4.69) is 0 Å². The van der Waals surface area contributed by atoms with Crippen LogP contribution in [0.3, 0.4) is 0 Å². The molecule has 2 saturated carbocycles. The van der Waals surface area contributed by atoms with Crippen LogP contribution in [0.1, 0.15) is 45.0 Å². The first-order valence-electron chi connectivity index (χ1n) is 11.6. The van der Waals surface area contributed by atoms with E-state index in [1.54, 1.807) is 24.3 Å². The Morgan fingerprint density at radius 2 is 1.28 bits per heavy atom. The van der Waals surface area contributed by atoms with Crippen LogP contribution < -0.4 is 14.2 Å². The molecule has 0 aromatic heterocycles. The lowest BCUT2D eigenvalue weighted by Gasteiger charge is -2.42. The van der Waals surface area contributed by atoms with E-state index >= 15 is 0 Å². The zero-order valence-electron chi connectivity index (χ0n) is 19.8. The van der Waals surface area contributed by atoms with Gasteiger partial charge >= 0.3 is 0 Å². The maximum Gasteiger partial charge on any atom is 0.234 e. The molecule has 184 valence electrons. The summed E-state index contributed by atoms with van der Waals surface area (Å²) < 4.78 is 22.0. The third kappa shape index (κ3) is 2.46. The molecule has 0 radical (unpaired) electrons. The van der Waals surface area contributed by atoms with E-state index in [4.69, 9.17) is 18.9 Å². The summed E-state index contributed by atoms with van der Waals surface area (Å²) >= 11 is 0. The van der Waals surface area contributed by atoms with Crippen molar-refractivity contribution in [1.82, 2.24) is 0 Å². The maximum atomic E-state index is 14.1. The Labute approximate surface area is 205 Å². The van der Waals surface area contributed by atoms with Gasteiger partial charge in [0.15, 0.2) is 23.1 Å². The smallest absolute Gasteiger partial charge is 0.234 e. The molecule has 4 aliphatic rings. The van der Waals surface area contributed by atoms with Crippen molar-refractivity contribution < 1.29 is 42.9 Å². The van der Waals surface area contributed by atoms with Gasteiger partial charge in [0.05, 0.1) is 21.3 Å². The van der Waals surface area contributed by atoms with Crippen LogP contribution in [0.4, 0.5) is 0 Å². The molecule has 1 heterocycles. The van der Waals surface area contributed by atoms with Gasteiger partial charge in [0.2, 0.25) is 28.5 Å². The van der Waals surface area contributed by atoms with E-state index in [9.17, 15) is 24.0 Å². The molecule has 0 bridgehead atoms. The van der Waals surface area contributed by atoms with Gasteiger partial charge in [-0.2, -0.15) is 0 Å². The van der Waals surface area contributed by atoms with E-state index in [1.165, 1.54) is 33.5 Å². The summed E-state index contributed by atoms with van der Waals surface area (Å²) in [4.78, 5) is 67.9. The molecular formula is C27H22O9. The summed E-state index contributed by atoms with van der Waals surface area (Å²) in [7, 11) is 4.34. The minimum atomic E-state index is -2.19. The largest absolute Gasteiger partial charge is 0.493 e. The van der Waals surface area contributed by atoms with Crippen LogP contribution in [0.2, 0.25) is 0 Å². The van der Waals surface area contributed by atoms with E-state index in [0.717, 1.165) is 0 Å². The highest BCUT2D eigenvalue weighted by molar-refractivity contribution is 6.43. The minimum Gasteiger partial charge on any atom is -0.493 e. The first-order valence-corrected chi connectivity index (χ1v) is 11.6. The van der Waals surface area contributed by atoms with Crippen LogP contribution >= 0.6 is 0 Å². The zero-order valence-corrected chi connectivity index (χ0v) is 19.8. The van der Waals surface area contributed by atoms with E-state index in [0.29, 0.717) is 22.8 Å². The Morgan fingerprint density at radius 3 is 1.81 bits per heavy atom. The number of carbonyl (C=O) groups is 5. The Morgan fingerprint density at radius 1 is 0.750 bits per heavy atom. The number of ether oxygens (including phenoxy) is 4. The van der Waals surface area contributed by atoms with Gasteiger partial charge in [-0.15, -0.1) is 0 Å². The van der Waals surface area contributed by atoms with Crippen molar-refractivity contribution in [2.75, 3.05) is 21.3 Å². The average molecular weight is 490 g/mol. The second-order valence-electron chi connectivity index (χ2n) is 9.54. The Kier molecular flexibility index (Phi) is 4.60. The Balaban J connectivity index is 1.52. The summed E-state index contributed by atoms with van der Waals surface area (Å²) in [6.45, 7) is 0. The Bertz CT molecular complexity index is 1380. The molecule has 2 aromatic rings. The number of rotatable bonds is 4. The van der Waals surface area contributed by atoms with Gasteiger partial charge < -0.3 is 18.9 Å². The van der Waals surface area contributed by atoms with Crippen LogP contribution in [-0.2, 0) is 19.1 Å². The standard InChI is InChI=1S/C27H22O9/c1-33-18-8-12(9-19(34-2)21(18)35-3)16-10-13(28)11-17-20(16)25(32)27-23(30)15-7-5-4-6-14(15)22(29)26(27,36-27)24(17)31/h4-9,16-17,20H,10-11H2,1-3H3/t16-,17-,20+,26+,27-/m1/s1. The van der Waals surface area contributed by atoms with Gasteiger partial charge in [-0.05, 0) is 17.7 Å². The van der Waals surface area contributed by atoms with Gasteiger partial charge in [-0.3, -0.25) is 24.0 Å². The SMILES string of the molecule is COc1cc([C@H]2CC(=O)C[C@H]3C(=O)[C@]45O[C@]4(C(=O)c4ccccc4C5=O)C(=O)[C@@H]23)cc(OC)c1OC. The molecular weight excluding hydrogens is 468 g/mol. The summed E-state index contributed by atoms with van der Waals surface area (Å²) in [6, 6.07) is 9.35. The lowest BCUT2D eigenvalue weighted by molar-refractivity contribution is -0.144. The molecule has 5 atom stereocenters. The third-order valence-electron chi connectivity index (χ3n) is 8.03. The molecule has 3 fully saturated rings. The quantitative estimate of drug-likeness (QED) is 0.468. The topological polar surface area (TPSA) is 126 Å². The second kappa shape index (κ2) is 7.33. The fourth-order valence-corrected chi connectivity index (χ4v) is 6.41. The van der Waals surface area contributed by atoms with Crippen LogP contribution in [0, 0.1) is 11.8 Å². The fraction of sp³-hybridized carbons (Fsp3) is 0.370. The van der Waals surface area contributed by atoms with Crippen LogP contribution in [0.25, 0.3) is 0 Å². The molecule has 0 spiro atoms. The van der Waals surface area contributed by atoms with Crippen molar-refractivity contribution in [3.05, 3.63) is 53.1 Å². The van der Waals surface area contributed by atoms with Gasteiger partial charge in [-0.25, -0.2) is 0 Å².